The maximum Gasteiger partial charge on any atom is 0.123 e. The van der Waals surface area contributed by atoms with Crippen molar-refractivity contribution in [2.75, 3.05) is 0 Å². The van der Waals surface area contributed by atoms with Crippen molar-refractivity contribution in [2.45, 2.75) is 33.1 Å². The third-order valence-electron chi connectivity index (χ3n) is 4.06. The summed E-state index contributed by atoms with van der Waals surface area (Å²) in [5.41, 5.74) is 1.70. The minimum atomic E-state index is -0.254. The average molecular weight is 274 g/mol. The van der Waals surface area contributed by atoms with E-state index in [2.05, 4.69) is 20.8 Å². The quantitative estimate of drug-likeness (QED) is 0.687. The molecule has 0 saturated heterocycles. The molecule has 2 aromatic rings. The first-order chi connectivity index (χ1) is 9.44. The van der Waals surface area contributed by atoms with Gasteiger partial charge in [0.2, 0.25) is 0 Å². The van der Waals surface area contributed by atoms with Crippen LogP contribution in [-0.2, 0) is 0 Å². The van der Waals surface area contributed by atoms with Gasteiger partial charge in [-0.1, -0.05) is 51.5 Å². The molecule has 0 bridgehead atoms. The minimum Gasteiger partial charge on any atom is -0.207 e. The highest BCUT2D eigenvalue weighted by Gasteiger charge is 2.31. The third-order valence-corrected chi connectivity index (χ3v) is 4.06. The first-order valence-corrected chi connectivity index (χ1v) is 6.95. The number of hydrogen-bond acceptors (Lipinski definition) is 0. The van der Waals surface area contributed by atoms with Crippen molar-refractivity contribution in [3.63, 3.8) is 0 Å². The van der Waals surface area contributed by atoms with E-state index in [0.29, 0.717) is 0 Å². The van der Waals surface area contributed by atoms with Crippen LogP contribution in [0.25, 0.3) is 0 Å². The molecular weight excluding hydrogens is 254 g/mol. The molecule has 0 aromatic heterocycles. The van der Waals surface area contributed by atoms with Crippen LogP contribution in [0.4, 0.5) is 8.78 Å². The summed E-state index contributed by atoms with van der Waals surface area (Å²) in [4.78, 5) is 0. The summed E-state index contributed by atoms with van der Waals surface area (Å²) in [7, 11) is 0. The van der Waals surface area contributed by atoms with E-state index in [1.165, 1.54) is 12.1 Å². The summed E-state index contributed by atoms with van der Waals surface area (Å²) in [6.45, 7) is 6.37. The molecule has 0 atom stereocenters. The number of halogens is 2. The van der Waals surface area contributed by atoms with E-state index in [1.807, 2.05) is 12.1 Å². The molecule has 20 heavy (non-hydrogen) atoms. The summed E-state index contributed by atoms with van der Waals surface area (Å²) in [5, 5.41) is 0. The molecule has 0 N–H and O–H groups in total. The zero-order valence-corrected chi connectivity index (χ0v) is 12.2. The van der Waals surface area contributed by atoms with Crippen LogP contribution < -0.4 is 0 Å². The molecule has 0 nitrogen and oxygen atoms in total. The molecule has 0 unspecified atom stereocenters. The summed E-state index contributed by atoms with van der Waals surface area (Å²) in [5.74, 6) is -0.537. The molecule has 0 fully saturated rings. The highest BCUT2D eigenvalue weighted by Crippen LogP contribution is 2.43. The lowest BCUT2D eigenvalue weighted by Gasteiger charge is -2.34. The van der Waals surface area contributed by atoms with Gasteiger partial charge in [-0.25, -0.2) is 8.78 Å². The van der Waals surface area contributed by atoms with Crippen LogP contribution in [0.1, 0.15) is 44.2 Å². The van der Waals surface area contributed by atoms with E-state index in [-0.39, 0.29) is 23.0 Å². The van der Waals surface area contributed by atoms with Crippen LogP contribution >= 0.6 is 0 Å². The Labute approximate surface area is 119 Å². The molecule has 0 aliphatic rings. The molecular formula is C18H20F2. The Bertz CT molecular complexity index is 542. The van der Waals surface area contributed by atoms with Gasteiger partial charge in [0.1, 0.15) is 11.6 Å². The first-order valence-electron chi connectivity index (χ1n) is 6.95. The van der Waals surface area contributed by atoms with Gasteiger partial charge in [-0.15, -0.1) is 0 Å². The van der Waals surface area contributed by atoms with Crippen LogP contribution in [-0.4, -0.2) is 0 Å². The fourth-order valence-electron chi connectivity index (χ4n) is 2.67. The van der Waals surface area contributed by atoms with Crippen molar-refractivity contribution in [3.05, 3.63) is 71.3 Å². The zero-order chi connectivity index (χ0) is 14.8. The van der Waals surface area contributed by atoms with Gasteiger partial charge < -0.3 is 0 Å². The molecule has 0 aliphatic heterocycles. The predicted molar refractivity (Wildman–Crippen MR) is 78.7 cm³/mol. The van der Waals surface area contributed by atoms with E-state index < -0.39 is 0 Å². The Morgan fingerprint density at radius 1 is 0.900 bits per heavy atom. The second kappa shape index (κ2) is 5.74. The van der Waals surface area contributed by atoms with Crippen molar-refractivity contribution in [1.82, 2.24) is 0 Å². The molecule has 2 rings (SSSR count). The largest absolute Gasteiger partial charge is 0.207 e. The normalized spacial score (nSPS) is 11.9. The van der Waals surface area contributed by atoms with Gasteiger partial charge in [0.25, 0.3) is 0 Å². The van der Waals surface area contributed by atoms with Gasteiger partial charge in [0, 0.05) is 5.92 Å². The summed E-state index contributed by atoms with van der Waals surface area (Å²) in [6, 6.07) is 13.2. The molecule has 0 amide bonds. The fourth-order valence-corrected chi connectivity index (χ4v) is 2.67. The molecule has 106 valence electrons. The molecule has 2 aromatic carbocycles. The van der Waals surface area contributed by atoms with Gasteiger partial charge in [-0.3, -0.25) is 0 Å². The Hall–Kier alpha value is -1.70. The number of benzene rings is 2. The Balaban J connectivity index is 2.56. The van der Waals surface area contributed by atoms with Crippen molar-refractivity contribution in [1.29, 1.82) is 0 Å². The topological polar surface area (TPSA) is 0 Å². The van der Waals surface area contributed by atoms with E-state index >= 15 is 0 Å². The number of hydrogen-bond donors (Lipinski definition) is 0. The smallest absolute Gasteiger partial charge is 0.123 e. The second-order valence-corrected chi connectivity index (χ2v) is 5.89. The van der Waals surface area contributed by atoms with Gasteiger partial charge in [0.05, 0.1) is 0 Å². The Morgan fingerprint density at radius 3 is 1.70 bits per heavy atom. The molecule has 0 spiro atoms. The molecule has 0 aliphatic carbocycles. The van der Waals surface area contributed by atoms with Gasteiger partial charge in [0.15, 0.2) is 0 Å². The molecule has 2 heteroatoms. The van der Waals surface area contributed by atoms with Crippen LogP contribution in [0.5, 0.6) is 0 Å². The monoisotopic (exact) mass is 274 g/mol. The number of rotatable bonds is 4. The van der Waals surface area contributed by atoms with Crippen molar-refractivity contribution in [2.24, 2.45) is 5.41 Å². The minimum absolute atomic E-state index is 0.0288. The lowest BCUT2D eigenvalue weighted by Crippen LogP contribution is -2.22. The lowest BCUT2D eigenvalue weighted by atomic mass is 9.70. The predicted octanol–water partition coefficient (Wildman–Crippen LogP) is 5.53. The Kier molecular flexibility index (Phi) is 4.22. The second-order valence-electron chi connectivity index (χ2n) is 5.89. The molecule has 0 saturated carbocycles. The average Bonchev–Trinajstić information content (AvgIpc) is 2.39. The summed E-state index contributed by atoms with van der Waals surface area (Å²) in [6.07, 6.45) is 0.921. The van der Waals surface area contributed by atoms with E-state index in [9.17, 15) is 8.78 Å². The van der Waals surface area contributed by atoms with Gasteiger partial charge in [-0.05, 0) is 40.8 Å². The molecule has 0 heterocycles. The maximum atomic E-state index is 13.5. The molecule has 0 radical (unpaired) electrons. The Morgan fingerprint density at radius 2 is 1.35 bits per heavy atom. The van der Waals surface area contributed by atoms with Crippen LogP contribution in [0.15, 0.2) is 48.5 Å². The van der Waals surface area contributed by atoms with Crippen molar-refractivity contribution in [3.8, 4) is 0 Å². The van der Waals surface area contributed by atoms with Gasteiger partial charge >= 0.3 is 0 Å². The van der Waals surface area contributed by atoms with Crippen LogP contribution in [0.3, 0.4) is 0 Å². The third kappa shape index (κ3) is 3.06. The summed E-state index contributed by atoms with van der Waals surface area (Å²) >= 11 is 0. The van der Waals surface area contributed by atoms with Crippen molar-refractivity contribution >= 4 is 0 Å². The van der Waals surface area contributed by atoms with Crippen molar-refractivity contribution < 1.29 is 8.78 Å². The van der Waals surface area contributed by atoms with Crippen LogP contribution in [0.2, 0.25) is 0 Å². The van der Waals surface area contributed by atoms with E-state index in [4.69, 9.17) is 0 Å². The van der Waals surface area contributed by atoms with E-state index in [0.717, 1.165) is 17.5 Å². The van der Waals surface area contributed by atoms with Crippen LogP contribution in [0, 0.1) is 17.0 Å². The highest BCUT2D eigenvalue weighted by atomic mass is 19.1. The zero-order valence-electron chi connectivity index (χ0n) is 12.2. The summed E-state index contributed by atoms with van der Waals surface area (Å²) < 4.78 is 27.1. The fraction of sp³-hybridized carbons (Fsp3) is 0.333. The maximum absolute atomic E-state index is 13.5. The SMILES string of the molecule is CCC(C)(C)C(c1cccc(F)c1)c1cccc(F)c1. The highest BCUT2D eigenvalue weighted by molar-refractivity contribution is 5.35. The standard InChI is InChI=1S/C18H20F2/c1-4-18(2,3)17(13-7-5-9-15(19)11-13)14-8-6-10-16(20)12-14/h5-12,17H,4H2,1-3H3. The van der Waals surface area contributed by atoms with E-state index in [1.54, 1.807) is 24.3 Å². The van der Waals surface area contributed by atoms with Gasteiger partial charge in [-0.2, -0.15) is 0 Å². The first kappa shape index (κ1) is 14.7. The lowest BCUT2D eigenvalue weighted by molar-refractivity contribution is 0.304.